The van der Waals surface area contributed by atoms with Crippen LogP contribution in [0.4, 0.5) is 0 Å². The predicted molar refractivity (Wildman–Crippen MR) is 49.8 cm³/mol. The lowest BCUT2D eigenvalue weighted by molar-refractivity contribution is -0.169. The quantitative estimate of drug-likeness (QED) is 0.623. The summed E-state index contributed by atoms with van der Waals surface area (Å²) in [4.78, 5) is 21.7. The van der Waals surface area contributed by atoms with Gasteiger partial charge < -0.3 is 9.47 Å². The van der Waals surface area contributed by atoms with E-state index in [1.165, 1.54) is 6.92 Å². The number of hydrogen-bond acceptors (Lipinski definition) is 4. The Kier molecular flexibility index (Phi) is 4.76. The smallest absolute Gasteiger partial charge is 0.165 e. The minimum Gasteiger partial charge on any atom is -0.353 e. The summed E-state index contributed by atoms with van der Waals surface area (Å²) in [6.07, 6.45) is 2.69. The number of rotatable bonds is 5. The van der Waals surface area contributed by atoms with Crippen molar-refractivity contribution in [3.63, 3.8) is 0 Å². The molecule has 1 rings (SSSR count). The summed E-state index contributed by atoms with van der Waals surface area (Å²) >= 11 is 0. The second-order valence-electron chi connectivity index (χ2n) is 3.52. The maximum atomic E-state index is 11.1. The van der Waals surface area contributed by atoms with Crippen molar-refractivity contribution in [2.45, 2.75) is 38.9 Å². The molecule has 0 amide bonds. The van der Waals surface area contributed by atoms with Crippen LogP contribution in [0.2, 0.25) is 0 Å². The number of carbonyl (C=O) groups excluding carboxylic acids is 2. The van der Waals surface area contributed by atoms with Crippen LogP contribution in [0.1, 0.15) is 32.6 Å². The van der Waals surface area contributed by atoms with E-state index in [1.54, 1.807) is 0 Å². The third kappa shape index (κ3) is 4.48. The van der Waals surface area contributed by atoms with Gasteiger partial charge in [0.05, 0.1) is 6.42 Å². The molecular weight excluding hydrogens is 184 g/mol. The van der Waals surface area contributed by atoms with Crippen LogP contribution >= 0.6 is 0 Å². The van der Waals surface area contributed by atoms with Crippen LogP contribution in [0.15, 0.2) is 0 Å². The van der Waals surface area contributed by atoms with Gasteiger partial charge in [0.15, 0.2) is 12.1 Å². The van der Waals surface area contributed by atoms with Gasteiger partial charge in [0.2, 0.25) is 0 Å². The molecule has 0 saturated carbocycles. The first-order chi connectivity index (χ1) is 6.68. The van der Waals surface area contributed by atoms with E-state index >= 15 is 0 Å². The molecule has 1 fully saturated rings. The fourth-order valence-electron chi connectivity index (χ4n) is 1.36. The molecular formula is C10H16O4. The lowest BCUT2D eigenvalue weighted by Crippen LogP contribution is -2.25. The molecule has 1 aliphatic heterocycles. The molecule has 0 radical (unpaired) electrons. The monoisotopic (exact) mass is 200 g/mol. The highest BCUT2D eigenvalue weighted by Gasteiger charge is 2.15. The molecule has 1 atom stereocenters. The van der Waals surface area contributed by atoms with E-state index in [-0.39, 0.29) is 30.9 Å². The maximum absolute atomic E-state index is 11.1. The first-order valence-corrected chi connectivity index (χ1v) is 4.93. The summed E-state index contributed by atoms with van der Waals surface area (Å²) < 4.78 is 10.5. The third-order valence-corrected chi connectivity index (χ3v) is 2.01. The van der Waals surface area contributed by atoms with Crippen molar-refractivity contribution in [2.24, 2.45) is 0 Å². The largest absolute Gasteiger partial charge is 0.353 e. The highest BCUT2D eigenvalue weighted by atomic mass is 16.7. The van der Waals surface area contributed by atoms with E-state index in [0.717, 1.165) is 19.3 Å². The zero-order valence-corrected chi connectivity index (χ0v) is 8.45. The molecule has 0 bridgehead atoms. The van der Waals surface area contributed by atoms with Gasteiger partial charge in [-0.1, -0.05) is 0 Å². The van der Waals surface area contributed by atoms with Crippen LogP contribution in [0.25, 0.3) is 0 Å². The van der Waals surface area contributed by atoms with Crippen molar-refractivity contribution in [2.75, 3.05) is 13.2 Å². The van der Waals surface area contributed by atoms with Gasteiger partial charge in [0.25, 0.3) is 0 Å². The van der Waals surface area contributed by atoms with Crippen LogP contribution in [0.3, 0.4) is 0 Å². The Morgan fingerprint density at radius 2 is 2.21 bits per heavy atom. The van der Waals surface area contributed by atoms with E-state index < -0.39 is 0 Å². The highest BCUT2D eigenvalue weighted by molar-refractivity contribution is 5.98. The number of carbonyl (C=O) groups is 2. The van der Waals surface area contributed by atoms with Crippen molar-refractivity contribution in [1.82, 2.24) is 0 Å². The molecule has 4 heteroatoms. The van der Waals surface area contributed by atoms with Crippen molar-refractivity contribution in [3.8, 4) is 0 Å². The summed E-state index contributed by atoms with van der Waals surface area (Å²) in [5.41, 5.74) is 0. The van der Waals surface area contributed by atoms with Gasteiger partial charge in [-0.25, -0.2) is 0 Å². The number of Topliss-reactive ketones (excluding diaryl/α,β-unsaturated/α-hetero) is 2. The molecule has 1 aliphatic rings. The Hall–Kier alpha value is -0.740. The van der Waals surface area contributed by atoms with Gasteiger partial charge >= 0.3 is 0 Å². The minimum atomic E-state index is -0.250. The SMILES string of the molecule is CC(=O)CC(=O)COC1CCCCO1. The Bertz CT molecular complexity index is 206. The molecule has 0 aliphatic carbocycles. The van der Waals surface area contributed by atoms with E-state index in [0.29, 0.717) is 6.61 Å². The third-order valence-electron chi connectivity index (χ3n) is 2.01. The molecule has 0 aromatic carbocycles. The molecule has 0 N–H and O–H groups in total. The van der Waals surface area contributed by atoms with Gasteiger partial charge in [-0.05, 0) is 26.2 Å². The summed E-state index contributed by atoms with van der Waals surface area (Å²) in [5.74, 6) is -0.296. The molecule has 14 heavy (non-hydrogen) atoms. The topological polar surface area (TPSA) is 52.6 Å². The zero-order chi connectivity index (χ0) is 10.4. The maximum Gasteiger partial charge on any atom is 0.165 e. The molecule has 0 aromatic rings. The second-order valence-corrected chi connectivity index (χ2v) is 3.52. The summed E-state index contributed by atoms with van der Waals surface area (Å²) in [6.45, 7) is 2.09. The van der Waals surface area contributed by atoms with Gasteiger partial charge in [-0.3, -0.25) is 9.59 Å². The Morgan fingerprint density at radius 1 is 1.43 bits per heavy atom. The molecule has 4 nitrogen and oxygen atoms in total. The van der Waals surface area contributed by atoms with Crippen molar-refractivity contribution < 1.29 is 19.1 Å². The van der Waals surface area contributed by atoms with Crippen LogP contribution in [0, 0.1) is 0 Å². The zero-order valence-electron chi connectivity index (χ0n) is 8.45. The van der Waals surface area contributed by atoms with Crippen molar-refractivity contribution in [3.05, 3.63) is 0 Å². The average molecular weight is 200 g/mol. The van der Waals surface area contributed by atoms with Crippen LogP contribution in [-0.2, 0) is 19.1 Å². The van der Waals surface area contributed by atoms with Crippen molar-refractivity contribution >= 4 is 11.6 Å². The second kappa shape index (κ2) is 5.88. The van der Waals surface area contributed by atoms with Gasteiger partial charge in [0.1, 0.15) is 12.4 Å². The van der Waals surface area contributed by atoms with Crippen LogP contribution in [-0.4, -0.2) is 31.1 Å². The minimum absolute atomic E-state index is 0.00968. The Morgan fingerprint density at radius 3 is 2.79 bits per heavy atom. The summed E-state index contributed by atoms with van der Waals surface area (Å²) in [6, 6.07) is 0. The first kappa shape index (κ1) is 11.3. The molecule has 1 heterocycles. The number of ether oxygens (including phenoxy) is 2. The van der Waals surface area contributed by atoms with E-state index in [2.05, 4.69) is 0 Å². The lowest BCUT2D eigenvalue weighted by Gasteiger charge is -2.22. The highest BCUT2D eigenvalue weighted by Crippen LogP contribution is 2.13. The molecule has 1 saturated heterocycles. The number of hydrogen-bond donors (Lipinski definition) is 0. The molecule has 80 valence electrons. The van der Waals surface area contributed by atoms with Crippen LogP contribution < -0.4 is 0 Å². The normalized spacial score (nSPS) is 21.9. The van der Waals surface area contributed by atoms with Gasteiger partial charge in [-0.2, -0.15) is 0 Å². The lowest BCUT2D eigenvalue weighted by atomic mass is 10.2. The molecule has 0 aromatic heterocycles. The van der Waals surface area contributed by atoms with Gasteiger partial charge in [0, 0.05) is 6.61 Å². The number of ketones is 2. The van der Waals surface area contributed by atoms with E-state index in [4.69, 9.17) is 9.47 Å². The van der Waals surface area contributed by atoms with Crippen LogP contribution in [0.5, 0.6) is 0 Å². The average Bonchev–Trinajstić information content (AvgIpc) is 2.15. The Balaban J connectivity index is 2.12. The summed E-state index contributed by atoms with van der Waals surface area (Å²) in [5, 5.41) is 0. The molecule has 1 unspecified atom stereocenters. The van der Waals surface area contributed by atoms with E-state index in [9.17, 15) is 9.59 Å². The van der Waals surface area contributed by atoms with Gasteiger partial charge in [-0.15, -0.1) is 0 Å². The fraction of sp³-hybridized carbons (Fsp3) is 0.800. The first-order valence-electron chi connectivity index (χ1n) is 4.93. The van der Waals surface area contributed by atoms with Crippen molar-refractivity contribution in [1.29, 1.82) is 0 Å². The fourth-order valence-corrected chi connectivity index (χ4v) is 1.36. The standard InChI is InChI=1S/C10H16O4/c1-8(11)6-9(12)7-14-10-4-2-3-5-13-10/h10H,2-7H2,1H3. The predicted octanol–water partition coefficient (Wildman–Crippen LogP) is 1.08. The Labute approximate surface area is 83.6 Å². The summed E-state index contributed by atoms with van der Waals surface area (Å²) in [7, 11) is 0. The molecule has 0 spiro atoms. The van der Waals surface area contributed by atoms with E-state index in [1.807, 2.05) is 0 Å².